The van der Waals surface area contributed by atoms with Crippen molar-refractivity contribution >= 4 is 0 Å². The lowest BCUT2D eigenvalue weighted by Gasteiger charge is -2.35. The third-order valence-corrected chi connectivity index (χ3v) is 9.52. The van der Waals surface area contributed by atoms with Crippen LogP contribution in [0.15, 0.2) is 97.1 Å². The molecule has 0 heteroatoms. The molecule has 8 rings (SSSR count). The van der Waals surface area contributed by atoms with Crippen molar-refractivity contribution in [3.05, 3.63) is 119 Å². The van der Waals surface area contributed by atoms with Crippen molar-refractivity contribution in [3.8, 4) is 22.3 Å². The van der Waals surface area contributed by atoms with Crippen LogP contribution in [-0.2, 0) is 10.8 Å². The Bertz CT molecular complexity index is 1280. The van der Waals surface area contributed by atoms with E-state index in [9.17, 15) is 0 Å². The smallest absolute Gasteiger partial charge is 0.0215 e. The van der Waals surface area contributed by atoms with Crippen molar-refractivity contribution in [2.24, 2.45) is 0 Å². The zero-order valence-corrected chi connectivity index (χ0v) is 20.6. The normalized spacial score (nSPS) is 19.4. The van der Waals surface area contributed by atoms with Gasteiger partial charge in [0.15, 0.2) is 0 Å². The molecule has 0 atom stereocenters. The van der Waals surface area contributed by atoms with Gasteiger partial charge in [0.1, 0.15) is 0 Å². The average Bonchev–Trinajstić information content (AvgIpc) is 3.61. The first kappa shape index (κ1) is 21.2. The topological polar surface area (TPSA) is 0 Å². The van der Waals surface area contributed by atoms with Crippen molar-refractivity contribution in [1.29, 1.82) is 0 Å². The van der Waals surface area contributed by atoms with Gasteiger partial charge in [0.05, 0.1) is 0 Å². The van der Waals surface area contributed by atoms with Crippen LogP contribution < -0.4 is 0 Å². The predicted molar refractivity (Wildman–Crippen MR) is 147 cm³/mol. The van der Waals surface area contributed by atoms with Gasteiger partial charge in [0.2, 0.25) is 0 Å². The lowest BCUT2D eigenvalue weighted by atomic mass is 9.68. The highest BCUT2D eigenvalue weighted by Gasteiger charge is 2.45. The molecular formula is C35H34. The highest BCUT2D eigenvalue weighted by molar-refractivity contribution is 5.82. The molecule has 0 aliphatic heterocycles. The lowest BCUT2D eigenvalue weighted by Crippen LogP contribution is -2.27. The second kappa shape index (κ2) is 8.23. The SMILES string of the molecule is c1ccc2c(c1)-c1ccccc1C21CCCC1.c1ccc2c(c1)-c1ccccc1C21CCCCC1. The summed E-state index contributed by atoms with van der Waals surface area (Å²) >= 11 is 0. The summed E-state index contributed by atoms with van der Waals surface area (Å²) in [5, 5.41) is 0. The molecule has 4 aromatic carbocycles. The fraction of sp³-hybridized carbons (Fsp3) is 0.314. The van der Waals surface area contributed by atoms with Crippen LogP contribution >= 0.6 is 0 Å². The third-order valence-electron chi connectivity index (χ3n) is 9.52. The first-order chi connectivity index (χ1) is 17.3. The van der Waals surface area contributed by atoms with E-state index in [4.69, 9.17) is 0 Å². The summed E-state index contributed by atoms with van der Waals surface area (Å²) in [6, 6.07) is 36.1. The maximum atomic E-state index is 2.36. The lowest BCUT2D eigenvalue weighted by molar-refractivity contribution is 0.353. The van der Waals surface area contributed by atoms with Crippen molar-refractivity contribution in [2.45, 2.75) is 68.6 Å². The first-order valence-corrected chi connectivity index (χ1v) is 13.7. The van der Waals surface area contributed by atoms with E-state index >= 15 is 0 Å². The molecule has 0 radical (unpaired) electrons. The van der Waals surface area contributed by atoms with E-state index in [-0.39, 0.29) is 0 Å². The third kappa shape index (κ3) is 3.05. The summed E-state index contributed by atoms with van der Waals surface area (Å²) in [5.41, 5.74) is 13.0. The number of hydrogen-bond acceptors (Lipinski definition) is 0. The molecule has 4 aromatic rings. The molecule has 0 nitrogen and oxygen atoms in total. The van der Waals surface area contributed by atoms with Gasteiger partial charge < -0.3 is 0 Å². The van der Waals surface area contributed by atoms with E-state index in [1.807, 2.05) is 0 Å². The maximum Gasteiger partial charge on any atom is 0.0215 e. The molecule has 0 N–H and O–H groups in total. The molecular weight excluding hydrogens is 420 g/mol. The summed E-state index contributed by atoms with van der Waals surface area (Å²) in [6.45, 7) is 0. The van der Waals surface area contributed by atoms with Gasteiger partial charge in [0, 0.05) is 10.8 Å². The van der Waals surface area contributed by atoms with Crippen LogP contribution in [0.25, 0.3) is 22.3 Å². The van der Waals surface area contributed by atoms with Gasteiger partial charge >= 0.3 is 0 Å². The van der Waals surface area contributed by atoms with Gasteiger partial charge in [0.25, 0.3) is 0 Å². The minimum Gasteiger partial charge on any atom is -0.0619 e. The number of benzene rings is 4. The molecule has 0 bridgehead atoms. The molecule has 2 saturated carbocycles. The molecule has 0 amide bonds. The van der Waals surface area contributed by atoms with Gasteiger partial charge in [-0.2, -0.15) is 0 Å². The van der Waals surface area contributed by atoms with Crippen LogP contribution in [0.4, 0.5) is 0 Å². The first-order valence-electron chi connectivity index (χ1n) is 13.7. The summed E-state index contributed by atoms with van der Waals surface area (Å²) < 4.78 is 0. The van der Waals surface area contributed by atoms with E-state index in [0.29, 0.717) is 10.8 Å². The highest BCUT2D eigenvalue weighted by Crippen LogP contribution is 2.57. The molecule has 0 aromatic heterocycles. The van der Waals surface area contributed by atoms with E-state index in [1.165, 1.54) is 80.0 Å². The zero-order chi connectivity index (χ0) is 23.3. The zero-order valence-electron chi connectivity index (χ0n) is 20.6. The van der Waals surface area contributed by atoms with Gasteiger partial charge in [-0.05, 0) is 70.2 Å². The van der Waals surface area contributed by atoms with Crippen molar-refractivity contribution < 1.29 is 0 Å². The Hall–Kier alpha value is -3.12. The average molecular weight is 455 g/mol. The van der Waals surface area contributed by atoms with Gasteiger partial charge in [-0.3, -0.25) is 0 Å². The van der Waals surface area contributed by atoms with E-state index in [0.717, 1.165) is 0 Å². The second-order valence-corrected chi connectivity index (χ2v) is 11.1. The van der Waals surface area contributed by atoms with E-state index in [2.05, 4.69) is 97.1 Å². The largest absolute Gasteiger partial charge is 0.0619 e. The highest BCUT2D eigenvalue weighted by atomic mass is 14.5. The molecule has 0 heterocycles. The maximum absolute atomic E-state index is 2.36. The number of fused-ring (bicyclic) bond motifs is 10. The van der Waals surface area contributed by atoms with Gasteiger partial charge in [-0.1, -0.05) is 129 Å². The molecule has 2 fully saturated rings. The van der Waals surface area contributed by atoms with Gasteiger partial charge in [-0.15, -0.1) is 0 Å². The summed E-state index contributed by atoms with van der Waals surface area (Å²) in [6.07, 6.45) is 12.3. The summed E-state index contributed by atoms with van der Waals surface area (Å²) in [7, 11) is 0. The quantitative estimate of drug-likeness (QED) is 0.248. The fourth-order valence-electron chi connectivity index (χ4n) is 8.04. The predicted octanol–water partition coefficient (Wildman–Crippen LogP) is 9.44. The Kier molecular flexibility index (Phi) is 4.98. The Balaban J connectivity index is 0.000000120. The molecule has 35 heavy (non-hydrogen) atoms. The number of hydrogen-bond donors (Lipinski definition) is 0. The Morgan fingerprint density at radius 1 is 0.314 bits per heavy atom. The van der Waals surface area contributed by atoms with E-state index in [1.54, 1.807) is 22.3 Å². The van der Waals surface area contributed by atoms with Crippen LogP contribution in [0.1, 0.15) is 80.0 Å². The minimum atomic E-state index is 0.339. The van der Waals surface area contributed by atoms with Gasteiger partial charge in [-0.25, -0.2) is 0 Å². The fourth-order valence-corrected chi connectivity index (χ4v) is 8.04. The van der Waals surface area contributed by atoms with E-state index < -0.39 is 0 Å². The molecule has 0 unspecified atom stereocenters. The van der Waals surface area contributed by atoms with Crippen molar-refractivity contribution in [3.63, 3.8) is 0 Å². The van der Waals surface area contributed by atoms with Crippen molar-refractivity contribution in [2.75, 3.05) is 0 Å². The van der Waals surface area contributed by atoms with Crippen LogP contribution in [-0.4, -0.2) is 0 Å². The molecule has 174 valence electrons. The standard InChI is InChI=1S/C18H18.C17H16/c1-6-12-18(13-7-1)16-10-4-2-8-14(16)15-9-3-5-11-17(15)18;1-3-9-15-13(7-1)14-8-2-4-10-16(14)17(15)11-5-6-12-17/h2-5,8-11H,1,6-7,12-13H2;1-4,7-10H,5-6,11-12H2. The molecule has 4 aliphatic rings. The monoisotopic (exact) mass is 454 g/mol. The second-order valence-electron chi connectivity index (χ2n) is 11.1. The summed E-state index contributed by atoms with van der Waals surface area (Å²) in [4.78, 5) is 0. The molecule has 2 spiro atoms. The van der Waals surface area contributed by atoms with Crippen LogP contribution in [0.3, 0.4) is 0 Å². The van der Waals surface area contributed by atoms with Crippen molar-refractivity contribution in [1.82, 2.24) is 0 Å². The molecule has 0 saturated heterocycles. The molecule has 4 aliphatic carbocycles. The van der Waals surface area contributed by atoms with Crippen LogP contribution in [0.2, 0.25) is 0 Å². The summed E-state index contributed by atoms with van der Waals surface area (Å²) in [5.74, 6) is 0. The Labute approximate surface area is 210 Å². The minimum absolute atomic E-state index is 0.339. The Morgan fingerprint density at radius 3 is 0.886 bits per heavy atom. The Morgan fingerprint density at radius 2 is 0.571 bits per heavy atom. The van der Waals surface area contributed by atoms with Crippen LogP contribution in [0, 0.1) is 0 Å². The van der Waals surface area contributed by atoms with Crippen LogP contribution in [0.5, 0.6) is 0 Å². The number of rotatable bonds is 0.